The predicted octanol–water partition coefficient (Wildman–Crippen LogP) is 1.75. The minimum atomic E-state index is -3.72. The van der Waals surface area contributed by atoms with Gasteiger partial charge in [-0.05, 0) is 30.5 Å². The maximum Gasteiger partial charge on any atom is 0.303 e. The first-order chi connectivity index (χ1) is 9.39. The molecule has 0 saturated carbocycles. The van der Waals surface area contributed by atoms with Gasteiger partial charge in [-0.1, -0.05) is 19.1 Å². The average molecular weight is 296 g/mol. The van der Waals surface area contributed by atoms with Crippen molar-refractivity contribution in [1.82, 2.24) is 0 Å². The highest BCUT2D eigenvalue weighted by atomic mass is 32.2. The molecule has 1 rings (SSSR count). The number of anilines is 1. The zero-order valence-corrected chi connectivity index (χ0v) is 11.9. The molecule has 0 amide bonds. The van der Waals surface area contributed by atoms with Crippen LogP contribution in [0.5, 0.6) is 0 Å². The standard InChI is InChI=1S/C13H16N2O4S/c1-2-12(9-14)20(18,19)15-11-6-3-10(4-7-11)5-8-13(16)17/h3-4,6-7,12,15H,2,5,8H2,1H3,(H,16,17). The summed E-state index contributed by atoms with van der Waals surface area (Å²) < 4.78 is 26.0. The predicted molar refractivity (Wildman–Crippen MR) is 74.6 cm³/mol. The van der Waals surface area contributed by atoms with Gasteiger partial charge >= 0.3 is 5.97 Å². The minimum Gasteiger partial charge on any atom is -0.481 e. The Bertz CT molecular complexity index is 602. The Hall–Kier alpha value is -2.07. The molecule has 6 nitrogen and oxygen atoms in total. The summed E-state index contributed by atoms with van der Waals surface area (Å²) in [5.74, 6) is -0.880. The van der Waals surface area contributed by atoms with E-state index in [0.717, 1.165) is 5.56 Å². The largest absolute Gasteiger partial charge is 0.481 e. The van der Waals surface area contributed by atoms with Crippen molar-refractivity contribution in [2.75, 3.05) is 4.72 Å². The second-order valence-corrected chi connectivity index (χ2v) is 6.13. The van der Waals surface area contributed by atoms with E-state index in [2.05, 4.69) is 4.72 Å². The highest BCUT2D eigenvalue weighted by Gasteiger charge is 2.23. The Morgan fingerprint density at radius 3 is 2.45 bits per heavy atom. The van der Waals surface area contributed by atoms with Gasteiger partial charge in [0.05, 0.1) is 6.07 Å². The Morgan fingerprint density at radius 1 is 1.40 bits per heavy atom. The highest BCUT2D eigenvalue weighted by Crippen LogP contribution is 2.15. The normalized spacial score (nSPS) is 12.4. The Balaban J connectivity index is 2.75. The zero-order chi connectivity index (χ0) is 15.2. The number of rotatable bonds is 7. The molecule has 108 valence electrons. The molecule has 20 heavy (non-hydrogen) atoms. The second-order valence-electron chi connectivity index (χ2n) is 4.26. The van der Waals surface area contributed by atoms with Gasteiger partial charge in [-0.3, -0.25) is 9.52 Å². The molecule has 1 aromatic rings. The van der Waals surface area contributed by atoms with Gasteiger partial charge in [0.1, 0.15) is 0 Å². The molecule has 1 aromatic carbocycles. The van der Waals surface area contributed by atoms with Crippen LogP contribution in [0.2, 0.25) is 0 Å². The fourth-order valence-corrected chi connectivity index (χ4v) is 2.79. The number of benzene rings is 1. The lowest BCUT2D eigenvalue weighted by molar-refractivity contribution is -0.136. The summed E-state index contributed by atoms with van der Waals surface area (Å²) >= 11 is 0. The Morgan fingerprint density at radius 2 is 2.00 bits per heavy atom. The van der Waals surface area contributed by atoms with Crippen LogP contribution >= 0.6 is 0 Å². The first kappa shape index (κ1) is 16.0. The summed E-state index contributed by atoms with van der Waals surface area (Å²) in [7, 11) is -3.72. The van der Waals surface area contributed by atoms with Gasteiger partial charge in [-0.2, -0.15) is 5.26 Å². The fraction of sp³-hybridized carbons (Fsp3) is 0.385. The fourth-order valence-electron chi connectivity index (χ4n) is 1.61. The van der Waals surface area contributed by atoms with E-state index in [1.165, 1.54) is 0 Å². The summed E-state index contributed by atoms with van der Waals surface area (Å²) in [6.45, 7) is 1.63. The molecule has 7 heteroatoms. The van der Waals surface area contributed by atoms with Gasteiger partial charge in [-0.25, -0.2) is 8.42 Å². The van der Waals surface area contributed by atoms with Crippen LogP contribution in [0, 0.1) is 11.3 Å². The number of carboxylic acid groups (broad SMARTS) is 1. The smallest absolute Gasteiger partial charge is 0.303 e. The number of hydrogen-bond acceptors (Lipinski definition) is 4. The SMILES string of the molecule is CCC(C#N)S(=O)(=O)Nc1ccc(CCC(=O)O)cc1. The molecule has 1 unspecified atom stereocenters. The summed E-state index contributed by atoms with van der Waals surface area (Å²) in [4.78, 5) is 10.4. The van der Waals surface area contributed by atoms with Gasteiger partial charge in [0, 0.05) is 12.1 Å². The lowest BCUT2D eigenvalue weighted by Gasteiger charge is -2.11. The molecule has 1 atom stereocenters. The van der Waals surface area contributed by atoms with E-state index in [-0.39, 0.29) is 12.8 Å². The number of aryl methyl sites for hydroxylation is 1. The van der Waals surface area contributed by atoms with Crippen LogP contribution in [0.25, 0.3) is 0 Å². The van der Waals surface area contributed by atoms with E-state index in [1.807, 2.05) is 0 Å². The summed E-state index contributed by atoms with van der Waals surface area (Å²) in [5, 5.41) is 16.3. The molecule has 0 saturated heterocycles. The van der Waals surface area contributed by atoms with Gasteiger partial charge < -0.3 is 5.11 Å². The second kappa shape index (κ2) is 6.91. The Labute approximate surface area is 118 Å². The van der Waals surface area contributed by atoms with Crippen molar-refractivity contribution in [3.05, 3.63) is 29.8 Å². The molecule has 0 spiro atoms. The van der Waals surface area contributed by atoms with Crippen LogP contribution in [0.15, 0.2) is 24.3 Å². The first-order valence-electron chi connectivity index (χ1n) is 6.11. The van der Waals surface area contributed by atoms with Crippen LogP contribution in [0.3, 0.4) is 0 Å². The van der Waals surface area contributed by atoms with Crippen LogP contribution in [-0.2, 0) is 21.2 Å². The molecule has 0 fully saturated rings. The monoisotopic (exact) mass is 296 g/mol. The molecule has 0 heterocycles. The lowest BCUT2D eigenvalue weighted by Crippen LogP contribution is -2.25. The van der Waals surface area contributed by atoms with Crippen molar-refractivity contribution in [3.8, 4) is 6.07 Å². The number of hydrogen-bond donors (Lipinski definition) is 2. The third-order valence-electron chi connectivity index (χ3n) is 2.73. The van der Waals surface area contributed by atoms with Crippen molar-refractivity contribution in [2.45, 2.75) is 31.4 Å². The van der Waals surface area contributed by atoms with Crippen LogP contribution in [0.4, 0.5) is 5.69 Å². The lowest BCUT2D eigenvalue weighted by atomic mass is 10.1. The minimum absolute atomic E-state index is 0.0252. The van der Waals surface area contributed by atoms with E-state index < -0.39 is 21.2 Å². The maximum atomic E-state index is 11.9. The third kappa shape index (κ3) is 4.55. The van der Waals surface area contributed by atoms with E-state index in [9.17, 15) is 13.2 Å². The molecule has 0 aliphatic heterocycles. The number of carboxylic acids is 1. The van der Waals surface area contributed by atoms with Crippen molar-refractivity contribution in [3.63, 3.8) is 0 Å². The van der Waals surface area contributed by atoms with Crippen LogP contribution < -0.4 is 4.72 Å². The summed E-state index contributed by atoms with van der Waals surface area (Å²) in [6, 6.07) is 8.17. The van der Waals surface area contributed by atoms with E-state index in [0.29, 0.717) is 12.1 Å². The van der Waals surface area contributed by atoms with Gasteiger partial charge in [-0.15, -0.1) is 0 Å². The zero-order valence-electron chi connectivity index (χ0n) is 11.0. The first-order valence-corrected chi connectivity index (χ1v) is 7.65. The highest BCUT2D eigenvalue weighted by molar-refractivity contribution is 7.93. The molecule has 2 N–H and O–H groups in total. The van der Waals surface area contributed by atoms with Gasteiger partial charge in [0.25, 0.3) is 0 Å². The van der Waals surface area contributed by atoms with E-state index in [4.69, 9.17) is 10.4 Å². The quantitative estimate of drug-likeness (QED) is 0.797. The summed E-state index contributed by atoms with van der Waals surface area (Å²) in [6.07, 6.45) is 0.623. The number of aliphatic carboxylic acids is 1. The molecule has 0 aromatic heterocycles. The van der Waals surface area contributed by atoms with Crippen molar-refractivity contribution >= 4 is 21.7 Å². The molecular formula is C13H16N2O4S. The van der Waals surface area contributed by atoms with Crippen molar-refractivity contribution in [1.29, 1.82) is 5.26 Å². The molecular weight excluding hydrogens is 280 g/mol. The Kier molecular flexibility index (Phi) is 5.53. The number of nitriles is 1. The number of nitrogens with one attached hydrogen (secondary N) is 1. The van der Waals surface area contributed by atoms with E-state index >= 15 is 0 Å². The van der Waals surface area contributed by atoms with Crippen LogP contribution in [-0.4, -0.2) is 24.7 Å². The van der Waals surface area contributed by atoms with Crippen molar-refractivity contribution in [2.24, 2.45) is 0 Å². The maximum absolute atomic E-state index is 11.9. The van der Waals surface area contributed by atoms with Gasteiger partial charge in [0.2, 0.25) is 10.0 Å². The molecule has 0 aliphatic carbocycles. The van der Waals surface area contributed by atoms with Gasteiger partial charge in [0.15, 0.2) is 5.25 Å². The van der Waals surface area contributed by atoms with Crippen molar-refractivity contribution < 1.29 is 18.3 Å². The molecule has 0 radical (unpaired) electrons. The topological polar surface area (TPSA) is 107 Å². The number of sulfonamides is 1. The average Bonchev–Trinajstić information content (AvgIpc) is 2.38. The number of nitrogens with zero attached hydrogens (tertiary/aromatic N) is 1. The third-order valence-corrected chi connectivity index (χ3v) is 4.44. The number of carbonyl (C=O) groups is 1. The molecule has 0 bridgehead atoms. The van der Waals surface area contributed by atoms with Crippen LogP contribution in [0.1, 0.15) is 25.3 Å². The van der Waals surface area contributed by atoms with E-state index in [1.54, 1.807) is 37.3 Å². The summed E-state index contributed by atoms with van der Waals surface area (Å²) in [5.41, 5.74) is 1.17. The molecule has 0 aliphatic rings.